The summed E-state index contributed by atoms with van der Waals surface area (Å²) >= 11 is 1.52. The van der Waals surface area contributed by atoms with Gasteiger partial charge in [0.05, 0.1) is 17.0 Å². The minimum Gasteiger partial charge on any atom is -0.493 e. The monoisotopic (exact) mass is 272 g/mol. The Bertz CT molecular complexity index is 613. The third-order valence-electron chi connectivity index (χ3n) is 3.51. The van der Waals surface area contributed by atoms with Gasteiger partial charge in [0.2, 0.25) is 5.78 Å². The average Bonchev–Trinajstić information content (AvgIpc) is 2.94. The molecule has 0 amide bonds. The van der Waals surface area contributed by atoms with Gasteiger partial charge in [0.25, 0.3) is 0 Å². The van der Waals surface area contributed by atoms with Crippen molar-refractivity contribution in [2.24, 2.45) is 0 Å². The minimum atomic E-state index is 0.102. The van der Waals surface area contributed by atoms with Crippen LogP contribution in [0.5, 0.6) is 5.75 Å². The van der Waals surface area contributed by atoms with Crippen molar-refractivity contribution in [1.29, 1.82) is 0 Å². The summed E-state index contributed by atoms with van der Waals surface area (Å²) in [5.74, 6) is 0.903. The molecule has 0 atom stereocenters. The lowest BCUT2D eigenvalue weighted by atomic mass is 9.98. The highest BCUT2D eigenvalue weighted by atomic mass is 32.1. The maximum atomic E-state index is 12.7. The van der Waals surface area contributed by atoms with Crippen LogP contribution in [0, 0.1) is 0 Å². The molecule has 2 aromatic rings. The van der Waals surface area contributed by atoms with Gasteiger partial charge < -0.3 is 4.74 Å². The number of ketones is 1. The van der Waals surface area contributed by atoms with Gasteiger partial charge in [-0.15, -0.1) is 11.3 Å². The van der Waals surface area contributed by atoms with Gasteiger partial charge in [0.15, 0.2) is 0 Å². The summed E-state index contributed by atoms with van der Waals surface area (Å²) in [5.41, 5.74) is 3.00. The normalized spacial score (nSPS) is 13.7. The summed E-state index contributed by atoms with van der Waals surface area (Å²) in [6.07, 6.45) is 2.92. The molecule has 2 heterocycles. The molecule has 2 nitrogen and oxygen atoms in total. The van der Waals surface area contributed by atoms with E-state index < -0.39 is 0 Å². The number of para-hydroxylation sites is 1. The van der Waals surface area contributed by atoms with Crippen LogP contribution in [0.15, 0.2) is 29.6 Å². The average molecular weight is 272 g/mol. The molecule has 0 fully saturated rings. The third-order valence-corrected chi connectivity index (χ3v) is 4.47. The van der Waals surface area contributed by atoms with Crippen molar-refractivity contribution in [3.05, 3.63) is 51.2 Å². The van der Waals surface area contributed by atoms with Crippen LogP contribution in [-0.4, -0.2) is 12.4 Å². The van der Waals surface area contributed by atoms with Crippen LogP contribution >= 0.6 is 11.3 Å². The molecule has 0 saturated carbocycles. The highest BCUT2D eigenvalue weighted by molar-refractivity contribution is 7.12. The number of rotatable bonds is 3. The lowest BCUT2D eigenvalue weighted by Gasteiger charge is -2.19. The zero-order valence-electron chi connectivity index (χ0n) is 10.9. The van der Waals surface area contributed by atoms with E-state index in [0.717, 1.165) is 41.0 Å². The van der Waals surface area contributed by atoms with Crippen LogP contribution in [0.2, 0.25) is 0 Å². The Morgan fingerprint density at radius 3 is 3.11 bits per heavy atom. The highest BCUT2D eigenvalue weighted by Crippen LogP contribution is 2.32. The molecule has 0 spiro atoms. The first-order valence-electron chi connectivity index (χ1n) is 6.67. The number of aryl methyl sites for hydroxylation is 2. The van der Waals surface area contributed by atoms with Crippen molar-refractivity contribution in [2.45, 2.75) is 26.2 Å². The Kier molecular flexibility index (Phi) is 3.38. The molecule has 0 saturated heterocycles. The zero-order chi connectivity index (χ0) is 13.2. The van der Waals surface area contributed by atoms with E-state index >= 15 is 0 Å². The number of ether oxygens (including phenoxy) is 1. The number of carbonyl (C=O) groups excluding carboxylic acids is 1. The van der Waals surface area contributed by atoms with E-state index in [1.807, 2.05) is 23.6 Å². The molecule has 0 radical (unpaired) electrons. The van der Waals surface area contributed by atoms with Gasteiger partial charge in [0.1, 0.15) is 5.75 Å². The number of fused-ring (bicyclic) bond motifs is 1. The maximum absolute atomic E-state index is 12.7. The second kappa shape index (κ2) is 5.17. The molecule has 0 N–H and O–H groups in total. The van der Waals surface area contributed by atoms with E-state index in [0.29, 0.717) is 12.2 Å². The van der Waals surface area contributed by atoms with Crippen molar-refractivity contribution < 1.29 is 9.53 Å². The fourth-order valence-corrected chi connectivity index (χ4v) is 3.45. The van der Waals surface area contributed by atoms with Gasteiger partial charge in [-0.1, -0.05) is 19.1 Å². The van der Waals surface area contributed by atoms with Crippen LogP contribution in [-0.2, 0) is 12.8 Å². The van der Waals surface area contributed by atoms with Gasteiger partial charge >= 0.3 is 0 Å². The Morgan fingerprint density at radius 1 is 1.37 bits per heavy atom. The van der Waals surface area contributed by atoms with Crippen molar-refractivity contribution in [3.63, 3.8) is 0 Å². The number of hydrogen-bond acceptors (Lipinski definition) is 3. The lowest BCUT2D eigenvalue weighted by Crippen LogP contribution is -2.13. The molecular weight excluding hydrogens is 256 g/mol. The number of benzene rings is 1. The summed E-state index contributed by atoms with van der Waals surface area (Å²) in [7, 11) is 0. The highest BCUT2D eigenvalue weighted by Gasteiger charge is 2.22. The van der Waals surface area contributed by atoms with Gasteiger partial charge in [-0.3, -0.25) is 4.79 Å². The predicted octanol–water partition coefficient (Wildman–Crippen LogP) is 3.87. The van der Waals surface area contributed by atoms with Crippen molar-refractivity contribution in [2.75, 3.05) is 6.61 Å². The number of carbonyl (C=O) groups is 1. The second-order valence-electron chi connectivity index (χ2n) is 4.70. The first kappa shape index (κ1) is 12.4. The van der Waals surface area contributed by atoms with Gasteiger partial charge in [0, 0.05) is 0 Å². The van der Waals surface area contributed by atoms with Crippen molar-refractivity contribution in [3.8, 4) is 5.75 Å². The van der Waals surface area contributed by atoms with Crippen LogP contribution in [0.1, 0.15) is 39.7 Å². The largest absolute Gasteiger partial charge is 0.493 e. The Balaban J connectivity index is 2.05. The molecular formula is C16H16O2S. The van der Waals surface area contributed by atoms with E-state index in [1.54, 1.807) is 0 Å². The second-order valence-corrected chi connectivity index (χ2v) is 5.62. The van der Waals surface area contributed by atoms with Crippen molar-refractivity contribution >= 4 is 17.1 Å². The fourth-order valence-electron chi connectivity index (χ4n) is 2.50. The molecule has 0 aliphatic carbocycles. The summed E-state index contributed by atoms with van der Waals surface area (Å²) in [6.45, 7) is 2.79. The number of thiophene rings is 1. The van der Waals surface area contributed by atoms with Crippen molar-refractivity contribution in [1.82, 2.24) is 0 Å². The molecule has 0 unspecified atom stereocenters. The molecule has 0 bridgehead atoms. The SMILES string of the molecule is CCc1ccsc1C(=O)c1cccc2c1OCCC2. The molecule has 19 heavy (non-hydrogen) atoms. The van der Waals surface area contributed by atoms with Crippen LogP contribution in [0.4, 0.5) is 0 Å². The maximum Gasteiger partial charge on any atom is 0.206 e. The standard InChI is InChI=1S/C16H16O2S/c1-2-11-8-10-19-16(11)14(17)13-7-3-5-12-6-4-9-18-15(12)13/h3,5,7-8,10H,2,4,6,9H2,1H3. The molecule has 1 aromatic carbocycles. The zero-order valence-corrected chi connectivity index (χ0v) is 11.8. The van der Waals surface area contributed by atoms with E-state index in [1.165, 1.54) is 11.3 Å². The smallest absolute Gasteiger partial charge is 0.206 e. The van der Waals surface area contributed by atoms with E-state index in [4.69, 9.17) is 4.74 Å². The summed E-state index contributed by atoms with van der Waals surface area (Å²) < 4.78 is 5.73. The van der Waals surface area contributed by atoms with E-state index in [2.05, 4.69) is 13.0 Å². The van der Waals surface area contributed by atoms with Crippen LogP contribution in [0.3, 0.4) is 0 Å². The minimum absolute atomic E-state index is 0.102. The fraction of sp³-hybridized carbons (Fsp3) is 0.312. The summed E-state index contributed by atoms with van der Waals surface area (Å²) in [4.78, 5) is 13.5. The molecule has 1 aliphatic heterocycles. The quantitative estimate of drug-likeness (QED) is 0.793. The van der Waals surface area contributed by atoms with Crippen LogP contribution in [0.25, 0.3) is 0 Å². The molecule has 1 aromatic heterocycles. The van der Waals surface area contributed by atoms with Gasteiger partial charge in [-0.25, -0.2) is 0 Å². The van der Waals surface area contributed by atoms with Gasteiger partial charge in [-0.2, -0.15) is 0 Å². The lowest BCUT2D eigenvalue weighted by molar-refractivity contribution is 0.103. The topological polar surface area (TPSA) is 26.3 Å². The summed E-state index contributed by atoms with van der Waals surface area (Å²) in [6, 6.07) is 7.93. The molecule has 98 valence electrons. The molecule has 3 rings (SSSR count). The Hall–Kier alpha value is -1.61. The first-order chi connectivity index (χ1) is 9.31. The Labute approximate surface area is 117 Å². The number of hydrogen-bond donors (Lipinski definition) is 0. The Morgan fingerprint density at radius 2 is 2.26 bits per heavy atom. The van der Waals surface area contributed by atoms with Gasteiger partial charge in [-0.05, 0) is 47.9 Å². The molecule has 1 aliphatic rings. The summed E-state index contributed by atoms with van der Waals surface area (Å²) in [5, 5.41) is 1.99. The first-order valence-corrected chi connectivity index (χ1v) is 7.55. The third kappa shape index (κ3) is 2.19. The van der Waals surface area contributed by atoms with E-state index in [-0.39, 0.29) is 5.78 Å². The molecule has 3 heteroatoms. The predicted molar refractivity (Wildman–Crippen MR) is 77.4 cm³/mol. The van der Waals surface area contributed by atoms with E-state index in [9.17, 15) is 4.79 Å². The van der Waals surface area contributed by atoms with Crippen LogP contribution < -0.4 is 4.74 Å².